The molecule has 0 radical (unpaired) electrons. The maximum atomic E-state index is 12.3. The number of benzene rings is 2. The topological polar surface area (TPSA) is 58.6 Å². The summed E-state index contributed by atoms with van der Waals surface area (Å²) in [6.45, 7) is 6.39. The summed E-state index contributed by atoms with van der Waals surface area (Å²) in [5.74, 6) is 0.420. The van der Waals surface area contributed by atoms with Crippen LogP contribution >= 0.6 is 11.6 Å². The van der Waals surface area contributed by atoms with Crippen molar-refractivity contribution in [2.45, 2.75) is 33.6 Å². The quantitative estimate of drug-likeness (QED) is 0.660. The summed E-state index contributed by atoms with van der Waals surface area (Å²) in [6.07, 6.45) is 0.892. The van der Waals surface area contributed by atoms with Crippen molar-refractivity contribution in [3.8, 4) is 5.75 Å². The van der Waals surface area contributed by atoms with E-state index in [1.165, 1.54) is 4.90 Å². The van der Waals surface area contributed by atoms with Gasteiger partial charge in [-0.2, -0.15) is 0 Å². The predicted octanol–water partition coefficient (Wildman–Crippen LogP) is 4.52. The fraction of sp³-hybridized carbons (Fsp3) is 0.364. The van der Waals surface area contributed by atoms with E-state index in [1.54, 1.807) is 31.3 Å². The molecule has 0 bridgehead atoms. The van der Waals surface area contributed by atoms with Crippen LogP contribution in [-0.2, 0) is 9.59 Å². The molecule has 0 spiro atoms. The highest BCUT2D eigenvalue weighted by atomic mass is 35.5. The molecule has 2 rings (SSSR count). The number of likely N-dealkylation sites (N-methyl/N-ethyl adjacent to an activating group) is 1. The highest BCUT2D eigenvalue weighted by Gasteiger charge is 2.14. The van der Waals surface area contributed by atoms with Gasteiger partial charge in [0.1, 0.15) is 5.75 Å². The fourth-order valence-electron chi connectivity index (χ4n) is 2.99. The minimum Gasteiger partial charge on any atom is -0.494 e. The molecule has 2 amide bonds. The van der Waals surface area contributed by atoms with Crippen LogP contribution in [0.5, 0.6) is 5.75 Å². The van der Waals surface area contributed by atoms with Crippen LogP contribution in [0, 0.1) is 20.8 Å². The number of hydrogen-bond acceptors (Lipinski definition) is 3. The molecule has 0 saturated heterocycles. The molecular formula is C22H27ClN2O3. The first-order valence-electron chi connectivity index (χ1n) is 9.26. The van der Waals surface area contributed by atoms with Crippen LogP contribution in [0.3, 0.4) is 0 Å². The Bertz CT molecular complexity index is 811. The van der Waals surface area contributed by atoms with E-state index in [2.05, 4.69) is 5.32 Å². The Balaban J connectivity index is 1.75. The number of carbonyl (C=O) groups excluding carboxylic acids is 2. The predicted molar refractivity (Wildman–Crippen MR) is 113 cm³/mol. The molecule has 0 saturated carbocycles. The van der Waals surface area contributed by atoms with Gasteiger partial charge in [-0.05, 0) is 62.6 Å². The largest absolute Gasteiger partial charge is 0.494 e. The third-order valence-corrected chi connectivity index (χ3v) is 4.62. The molecule has 6 heteroatoms. The van der Waals surface area contributed by atoms with E-state index in [-0.39, 0.29) is 18.4 Å². The lowest BCUT2D eigenvalue weighted by atomic mass is 10.1. The Morgan fingerprint density at radius 3 is 2.29 bits per heavy atom. The Morgan fingerprint density at radius 2 is 1.68 bits per heavy atom. The van der Waals surface area contributed by atoms with E-state index in [4.69, 9.17) is 16.3 Å². The van der Waals surface area contributed by atoms with Gasteiger partial charge in [0.15, 0.2) is 0 Å². The summed E-state index contributed by atoms with van der Waals surface area (Å²) in [4.78, 5) is 26.0. The number of hydrogen-bond donors (Lipinski definition) is 1. The lowest BCUT2D eigenvalue weighted by Gasteiger charge is -2.18. The van der Waals surface area contributed by atoms with Crippen molar-refractivity contribution >= 4 is 29.1 Å². The molecule has 0 atom stereocenters. The molecule has 0 unspecified atom stereocenters. The maximum Gasteiger partial charge on any atom is 0.243 e. The number of ether oxygens (including phenoxy) is 1. The molecule has 2 aromatic carbocycles. The van der Waals surface area contributed by atoms with E-state index < -0.39 is 0 Å². The van der Waals surface area contributed by atoms with Crippen molar-refractivity contribution in [1.82, 2.24) is 4.90 Å². The number of halogens is 1. The number of nitrogens with one attached hydrogen (secondary N) is 1. The van der Waals surface area contributed by atoms with Crippen molar-refractivity contribution < 1.29 is 14.3 Å². The second-order valence-electron chi connectivity index (χ2n) is 6.98. The number of amides is 2. The lowest BCUT2D eigenvalue weighted by molar-refractivity contribution is -0.133. The van der Waals surface area contributed by atoms with Gasteiger partial charge in [-0.15, -0.1) is 0 Å². The third-order valence-electron chi connectivity index (χ3n) is 4.37. The van der Waals surface area contributed by atoms with Gasteiger partial charge in [-0.1, -0.05) is 29.3 Å². The molecule has 5 nitrogen and oxygen atoms in total. The lowest BCUT2D eigenvalue weighted by Crippen LogP contribution is -2.35. The number of carbonyl (C=O) groups is 2. The van der Waals surface area contributed by atoms with Crippen LogP contribution in [0.1, 0.15) is 29.5 Å². The van der Waals surface area contributed by atoms with Crippen molar-refractivity contribution in [1.29, 1.82) is 0 Å². The van der Waals surface area contributed by atoms with Gasteiger partial charge in [0.2, 0.25) is 11.8 Å². The number of rotatable bonds is 8. The second-order valence-corrected chi connectivity index (χ2v) is 7.41. The summed E-state index contributed by atoms with van der Waals surface area (Å²) in [7, 11) is 1.64. The molecular weight excluding hydrogens is 376 g/mol. The van der Waals surface area contributed by atoms with Crippen molar-refractivity contribution in [3.05, 3.63) is 58.1 Å². The Kier molecular flexibility index (Phi) is 7.88. The monoisotopic (exact) mass is 402 g/mol. The molecule has 1 N–H and O–H groups in total. The first kappa shape index (κ1) is 21.8. The molecule has 0 heterocycles. The first-order chi connectivity index (χ1) is 13.3. The molecule has 28 heavy (non-hydrogen) atoms. The molecule has 2 aromatic rings. The zero-order chi connectivity index (χ0) is 20.7. The average molecular weight is 403 g/mol. The minimum absolute atomic E-state index is 0.0175. The van der Waals surface area contributed by atoms with Crippen LogP contribution in [-0.4, -0.2) is 36.9 Å². The van der Waals surface area contributed by atoms with Gasteiger partial charge < -0.3 is 15.0 Å². The summed E-state index contributed by atoms with van der Waals surface area (Å²) in [5.41, 5.74) is 3.99. The zero-order valence-electron chi connectivity index (χ0n) is 16.8. The molecule has 0 aliphatic rings. The summed E-state index contributed by atoms with van der Waals surface area (Å²) in [6, 6.07) is 11.1. The maximum absolute atomic E-state index is 12.3. The Morgan fingerprint density at radius 1 is 1.07 bits per heavy atom. The first-order valence-corrected chi connectivity index (χ1v) is 9.64. The van der Waals surface area contributed by atoms with Gasteiger partial charge in [0, 0.05) is 24.2 Å². The van der Waals surface area contributed by atoms with Gasteiger partial charge in [0.25, 0.3) is 0 Å². The Hall–Kier alpha value is -2.53. The van der Waals surface area contributed by atoms with E-state index >= 15 is 0 Å². The number of nitrogens with zero attached hydrogens (tertiary/aromatic N) is 1. The van der Waals surface area contributed by atoms with E-state index in [9.17, 15) is 9.59 Å². The van der Waals surface area contributed by atoms with Crippen LogP contribution in [0.4, 0.5) is 5.69 Å². The van der Waals surface area contributed by atoms with E-state index in [1.807, 2.05) is 32.9 Å². The molecule has 150 valence electrons. The summed E-state index contributed by atoms with van der Waals surface area (Å²) < 4.78 is 5.58. The van der Waals surface area contributed by atoms with Crippen molar-refractivity contribution in [2.75, 3.05) is 25.5 Å². The second kappa shape index (κ2) is 10.1. The molecule has 0 aliphatic heterocycles. The van der Waals surface area contributed by atoms with Gasteiger partial charge in [-0.25, -0.2) is 0 Å². The smallest absolute Gasteiger partial charge is 0.243 e. The van der Waals surface area contributed by atoms with Crippen LogP contribution in [0.25, 0.3) is 0 Å². The summed E-state index contributed by atoms with van der Waals surface area (Å²) >= 11 is 5.83. The van der Waals surface area contributed by atoms with Crippen molar-refractivity contribution in [3.63, 3.8) is 0 Å². The zero-order valence-corrected chi connectivity index (χ0v) is 17.6. The fourth-order valence-corrected chi connectivity index (χ4v) is 3.12. The number of aryl methyl sites for hydroxylation is 3. The highest BCUT2D eigenvalue weighted by Crippen LogP contribution is 2.22. The SMILES string of the molecule is Cc1cc(C)c(NC(=O)CN(C)C(=O)CCCOc2ccc(Cl)cc2)c(C)c1. The Labute approximate surface area is 171 Å². The highest BCUT2D eigenvalue weighted by molar-refractivity contribution is 6.30. The van der Waals surface area contributed by atoms with Crippen LogP contribution in [0.2, 0.25) is 5.02 Å². The van der Waals surface area contributed by atoms with Crippen LogP contribution in [0.15, 0.2) is 36.4 Å². The third kappa shape index (κ3) is 6.57. The minimum atomic E-state index is -0.205. The molecule has 0 aromatic heterocycles. The van der Waals surface area contributed by atoms with Gasteiger partial charge in [0.05, 0.1) is 13.2 Å². The summed E-state index contributed by atoms with van der Waals surface area (Å²) in [5, 5.41) is 3.57. The van der Waals surface area contributed by atoms with E-state index in [0.29, 0.717) is 30.2 Å². The van der Waals surface area contributed by atoms with E-state index in [0.717, 1.165) is 22.4 Å². The normalized spacial score (nSPS) is 10.5. The van der Waals surface area contributed by atoms with Crippen LogP contribution < -0.4 is 10.1 Å². The van der Waals surface area contributed by atoms with Crippen molar-refractivity contribution in [2.24, 2.45) is 0 Å². The standard InChI is InChI=1S/C22H27ClN2O3/c1-15-12-16(2)22(17(3)13-15)24-20(26)14-25(4)21(27)6-5-11-28-19-9-7-18(23)8-10-19/h7-10,12-13H,5-6,11,14H2,1-4H3,(H,24,26). The average Bonchev–Trinajstić information content (AvgIpc) is 2.63. The van der Waals surface area contributed by atoms with Gasteiger partial charge >= 0.3 is 0 Å². The number of anilines is 1. The molecule has 0 fully saturated rings. The molecule has 0 aliphatic carbocycles. The van der Waals surface area contributed by atoms with Gasteiger partial charge in [-0.3, -0.25) is 9.59 Å².